The summed E-state index contributed by atoms with van der Waals surface area (Å²) in [5, 5.41) is 12.1. The fourth-order valence-electron chi connectivity index (χ4n) is 2.38. The molecule has 0 aliphatic heterocycles. The summed E-state index contributed by atoms with van der Waals surface area (Å²) in [7, 11) is 0. The van der Waals surface area contributed by atoms with Crippen LogP contribution in [-0.4, -0.2) is 16.8 Å². The highest BCUT2D eigenvalue weighted by Gasteiger charge is 2.10. The Hall–Kier alpha value is -2.50. The lowest BCUT2D eigenvalue weighted by Gasteiger charge is -2.10. The molecular weight excluding hydrogens is 334 g/mol. The minimum absolute atomic E-state index is 0.0513. The minimum Gasteiger partial charge on any atom is -0.459 e. The Morgan fingerprint density at radius 1 is 1.12 bits per heavy atom. The first-order chi connectivity index (χ1) is 12.2. The Balaban J connectivity index is 1.69. The van der Waals surface area contributed by atoms with Crippen molar-refractivity contribution in [2.75, 3.05) is 11.1 Å². The monoisotopic (exact) mass is 353 g/mol. The molecule has 2 aromatic carbocycles. The van der Waals surface area contributed by atoms with Gasteiger partial charge in [0.1, 0.15) is 18.1 Å². The van der Waals surface area contributed by atoms with Gasteiger partial charge in [-0.3, -0.25) is 4.79 Å². The van der Waals surface area contributed by atoms with Gasteiger partial charge in [0.15, 0.2) is 0 Å². The lowest BCUT2D eigenvalue weighted by Crippen LogP contribution is -2.14. The van der Waals surface area contributed by atoms with Crippen molar-refractivity contribution in [2.24, 2.45) is 0 Å². The van der Waals surface area contributed by atoms with Crippen molar-refractivity contribution in [3.05, 3.63) is 72.0 Å². The Kier molecular flexibility index (Phi) is 5.58. The molecule has 0 aliphatic carbocycles. The summed E-state index contributed by atoms with van der Waals surface area (Å²) in [6, 6.07) is 19.2. The number of rotatable bonds is 6. The molecule has 3 aromatic rings. The predicted octanol–water partition coefficient (Wildman–Crippen LogP) is 4.48. The Labute approximate surface area is 150 Å². The smallest absolute Gasteiger partial charge is 0.234 e. The summed E-state index contributed by atoms with van der Waals surface area (Å²) in [5.74, 6) is 1.48. The van der Waals surface area contributed by atoms with Crippen molar-refractivity contribution >= 4 is 23.4 Å². The van der Waals surface area contributed by atoms with Crippen molar-refractivity contribution in [1.82, 2.24) is 0 Å². The number of nitrogens with one attached hydrogen (secondary N) is 1. The minimum atomic E-state index is -0.133. The second-order valence-corrected chi connectivity index (χ2v) is 6.65. The molecule has 0 radical (unpaired) electrons. The van der Waals surface area contributed by atoms with Crippen LogP contribution < -0.4 is 5.32 Å². The van der Waals surface area contributed by atoms with Crippen LogP contribution in [0.25, 0.3) is 11.3 Å². The molecule has 128 valence electrons. The van der Waals surface area contributed by atoms with Crippen LogP contribution in [0.1, 0.15) is 11.3 Å². The molecule has 3 rings (SSSR count). The van der Waals surface area contributed by atoms with Crippen LogP contribution in [0.15, 0.2) is 70.0 Å². The van der Waals surface area contributed by atoms with Crippen molar-refractivity contribution in [1.29, 1.82) is 0 Å². The van der Waals surface area contributed by atoms with Gasteiger partial charge in [0.05, 0.1) is 5.75 Å². The molecule has 0 aliphatic rings. The fourth-order valence-corrected chi connectivity index (χ4v) is 3.10. The van der Waals surface area contributed by atoms with Gasteiger partial charge in [0.25, 0.3) is 0 Å². The Morgan fingerprint density at radius 2 is 1.92 bits per heavy atom. The van der Waals surface area contributed by atoms with Crippen LogP contribution in [0.2, 0.25) is 0 Å². The lowest BCUT2D eigenvalue weighted by atomic mass is 10.1. The van der Waals surface area contributed by atoms with E-state index in [0.717, 1.165) is 21.7 Å². The first-order valence-corrected chi connectivity index (χ1v) is 8.92. The summed E-state index contributed by atoms with van der Waals surface area (Å²) in [5.41, 5.74) is 2.60. The summed E-state index contributed by atoms with van der Waals surface area (Å²) in [6.45, 7) is 1.82. The van der Waals surface area contributed by atoms with Crippen molar-refractivity contribution in [3.8, 4) is 11.3 Å². The second-order valence-electron chi connectivity index (χ2n) is 5.60. The second kappa shape index (κ2) is 8.05. The lowest BCUT2D eigenvalue weighted by molar-refractivity contribution is -0.113. The maximum absolute atomic E-state index is 12.2. The average Bonchev–Trinajstić information content (AvgIpc) is 3.12. The normalized spacial score (nSPS) is 10.6. The molecule has 0 fully saturated rings. The number of hydrogen-bond acceptors (Lipinski definition) is 4. The quantitative estimate of drug-likeness (QED) is 0.642. The third kappa shape index (κ3) is 4.53. The van der Waals surface area contributed by atoms with Crippen LogP contribution in [0.5, 0.6) is 0 Å². The van der Waals surface area contributed by atoms with Crippen molar-refractivity contribution in [3.63, 3.8) is 0 Å². The summed E-state index contributed by atoms with van der Waals surface area (Å²) in [4.78, 5) is 13.3. The van der Waals surface area contributed by atoms with Crippen LogP contribution >= 0.6 is 11.8 Å². The number of aryl methyl sites for hydroxylation is 1. The number of thioether (sulfide) groups is 1. The van der Waals surface area contributed by atoms with Gasteiger partial charge in [-0.05, 0) is 42.8 Å². The zero-order valence-electron chi connectivity index (χ0n) is 13.9. The van der Waals surface area contributed by atoms with E-state index in [1.807, 2.05) is 61.5 Å². The third-order valence-corrected chi connectivity index (χ3v) is 4.74. The molecule has 0 unspecified atom stereocenters. The number of amides is 1. The van der Waals surface area contributed by atoms with E-state index in [1.165, 1.54) is 11.8 Å². The molecular formula is C20H19NO3S. The van der Waals surface area contributed by atoms with Crippen LogP contribution in [0.3, 0.4) is 0 Å². The molecule has 0 saturated carbocycles. The van der Waals surface area contributed by atoms with Gasteiger partial charge in [0, 0.05) is 16.1 Å². The van der Waals surface area contributed by atoms with Gasteiger partial charge in [-0.15, -0.1) is 11.8 Å². The maximum atomic E-state index is 12.2. The van der Waals surface area contributed by atoms with E-state index in [-0.39, 0.29) is 12.5 Å². The zero-order chi connectivity index (χ0) is 17.6. The molecule has 0 atom stereocenters. The molecule has 2 N–H and O–H groups in total. The van der Waals surface area contributed by atoms with Crippen LogP contribution in [0.4, 0.5) is 5.69 Å². The standard InChI is InChI=1S/C20H19NO3S/c1-14-7-8-15(19-10-9-16(12-22)24-19)11-18(14)21-20(23)13-25-17-5-3-2-4-6-17/h2-11,22H,12-13H2,1H3,(H,21,23). The Morgan fingerprint density at radius 3 is 2.64 bits per heavy atom. The van der Waals surface area contributed by atoms with Crippen LogP contribution in [-0.2, 0) is 11.4 Å². The van der Waals surface area contributed by atoms with E-state index in [0.29, 0.717) is 17.3 Å². The average molecular weight is 353 g/mol. The number of benzene rings is 2. The molecule has 1 amide bonds. The predicted molar refractivity (Wildman–Crippen MR) is 101 cm³/mol. The number of furan rings is 1. The van der Waals surface area contributed by atoms with E-state index in [4.69, 9.17) is 9.52 Å². The molecule has 5 heteroatoms. The highest BCUT2D eigenvalue weighted by Crippen LogP contribution is 2.27. The third-order valence-electron chi connectivity index (χ3n) is 3.73. The first-order valence-electron chi connectivity index (χ1n) is 7.94. The largest absolute Gasteiger partial charge is 0.459 e. The fraction of sp³-hybridized carbons (Fsp3) is 0.150. The molecule has 1 aromatic heterocycles. The first kappa shape index (κ1) is 17.3. The number of hydrogen-bond donors (Lipinski definition) is 2. The number of anilines is 1. The summed E-state index contributed by atoms with van der Waals surface area (Å²) < 4.78 is 5.56. The number of carbonyl (C=O) groups is 1. The molecule has 1 heterocycles. The van der Waals surface area contributed by atoms with Gasteiger partial charge < -0.3 is 14.8 Å². The van der Waals surface area contributed by atoms with E-state index >= 15 is 0 Å². The number of carbonyl (C=O) groups excluding carboxylic acids is 1. The molecule has 0 bridgehead atoms. The highest BCUT2D eigenvalue weighted by atomic mass is 32.2. The SMILES string of the molecule is Cc1ccc(-c2ccc(CO)o2)cc1NC(=O)CSc1ccccc1. The van der Waals surface area contributed by atoms with E-state index in [9.17, 15) is 4.79 Å². The Bertz CT molecular complexity index is 858. The summed E-state index contributed by atoms with van der Waals surface area (Å²) in [6.07, 6.45) is 0. The van der Waals surface area contributed by atoms with Gasteiger partial charge >= 0.3 is 0 Å². The number of aliphatic hydroxyl groups is 1. The molecule has 4 nitrogen and oxygen atoms in total. The van der Waals surface area contributed by atoms with Gasteiger partial charge in [-0.25, -0.2) is 0 Å². The molecule has 25 heavy (non-hydrogen) atoms. The van der Waals surface area contributed by atoms with E-state index < -0.39 is 0 Å². The highest BCUT2D eigenvalue weighted by molar-refractivity contribution is 8.00. The summed E-state index contributed by atoms with van der Waals surface area (Å²) >= 11 is 1.50. The molecule has 0 spiro atoms. The van der Waals surface area contributed by atoms with Crippen molar-refractivity contribution in [2.45, 2.75) is 18.4 Å². The zero-order valence-corrected chi connectivity index (χ0v) is 14.7. The van der Waals surface area contributed by atoms with E-state index in [2.05, 4.69) is 5.32 Å². The topological polar surface area (TPSA) is 62.5 Å². The van der Waals surface area contributed by atoms with E-state index in [1.54, 1.807) is 6.07 Å². The van der Waals surface area contributed by atoms with Gasteiger partial charge in [-0.2, -0.15) is 0 Å². The van der Waals surface area contributed by atoms with Crippen LogP contribution in [0, 0.1) is 6.92 Å². The maximum Gasteiger partial charge on any atom is 0.234 e. The molecule has 0 saturated heterocycles. The van der Waals surface area contributed by atoms with Gasteiger partial charge in [0.2, 0.25) is 5.91 Å². The van der Waals surface area contributed by atoms with Gasteiger partial charge in [-0.1, -0.05) is 30.3 Å². The number of aliphatic hydroxyl groups excluding tert-OH is 1. The van der Waals surface area contributed by atoms with Crippen molar-refractivity contribution < 1.29 is 14.3 Å².